The number of nitriles is 1. The van der Waals surface area contributed by atoms with Crippen LogP contribution in [0.1, 0.15) is 16.7 Å². The van der Waals surface area contributed by atoms with Gasteiger partial charge in [-0.05, 0) is 12.1 Å². The van der Waals surface area contributed by atoms with E-state index in [2.05, 4.69) is 4.98 Å². The van der Waals surface area contributed by atoms with Gasteiger partial charge in [0.05, 0.1) is 16.1 Å². The second kappa shape index (κ2) is 5.83. The zero-order valence-corrected chi connectivity index (χ0v) is 12.0. The molecule has 0 unspecified atom stereocenters. The van der Waals surface area contributed by atoms with E-state index in [4.69, 9.17) is 16.9 Å². The molecule has 11 heteroatoms. The average Bonchev–Trinajstić information content (AvgIpc) is 2.45. The highest BCUT2D eigenvalue weighted by Gasteiger charge is 2.34. The minimum Gasteiger partial charge on any atom is -0.267 e. The van der Waals surface area contributed by atoms with Crippen molar-refractivity contribution in [2.45, 2.75) is 12.4 Å². The number of aromatic nitrogens is 2. The van der Waals surface area contributed by atoms with Crippen molar-refractivity contribution in [3.8, 4) is 11.9 Å². The number of pyridine rings is 2. The van der Waals surface area contributed by atoms with Gasteiger partial charge in [0.1, 0.15) is 11.6 Å². The van der Waals surface area contributed by atoms with Crippen LogP contribution < -0.4 is 5.56 Å². The number of hydrogen-bond acceptors (Lipinski definition) is 3. The van der Waals surface area contributed by atoms with Crippen LogP contribution in [0.2, 0.25) is 5.02 Å². The quantitative estimate of drug-likeness (QED) is 0.720. The molecule has 0 radical (unpaired) electrons. The van der Waals surface area contributed by atoms with Gasteiger partial charge in [0.2, 0.25) is 0 Å². The van der Waals surface area contributed by atoms with Crippen LogP contribution in [-0.4, -0.2) is 9.55 Å². The molecule has 2 aromatic rings. The van der Waals surface area contributed by atoms with Crippen molar-refractivity contribution in [2.24, 2.45) is 0 Å². The van der Waals surface area contributed by atoms with Crippen LogP contribution in [0.4, 0.5) is 26.3 Å². The lowest BCUT2D eigenvalue weighted by atomic mass is 10.2. The maximum absolute atomic E-state index is 12.8. The first-order valence-corrected chi connectivity index (χ1v) is 6.30. The molecule has 2 rings (SSSR count). The van der Waals surface area contributed by atoms with Crippen LogP contribution in [0.25, 0.3) is 5.82 Å². The van der Waals surface area contributed by atoms with Crippen molar-refractivity contribution in [2.75, 3.05) is 0 Å². The van der Waals surface area contributed by atoms with Gasteiger partial charge in [-0.25, -0.2) is 4.98 Å². The number of rotatable bonds is 1. The van der Waals surface area contributed by atoms with Gasteiger partial charge in [0, 0.05) is 12.4 Å². The molecule has 126 valence electrons. The first-order chi connectivity index (χ1) is 10.9. The maximum atomic E-state index is 12.8. The highest BCUT2D eigenvalue weighted by atomic mass is 35.5. The average molecular weight is 368 g/mol. The lowest BCUT2D eigenvalue weighted by Gasteiger charge is -2.13. The van der Waals surface area contributed by atoms with Crippen LogP contribution in [0.3, 0.4) is 0 Å². The Hall–Kier alpha value is -2.54. The van der Waals surface area contributed by atoms with Gasteiger partial charge in [0.15, 0.2) is 5.82 Å². The van der Waals surface area contributed by atoms with E-state index in [9.17, 15) is 31.1 Å². The minimum atomic E-state index is -4.89. The number of halogens is 7. The lowest BCUT2D eigenvalue weighted by Crippen LogP contribution is -2.24. The normalized spacial score (nSPS) is 12.1. The van der Waals surface area contributed by atoms with Gasteiger partial charge in [0.25, 0.3) is 5.56 Å². The predicted octanol–water partition coefficient (Wildman–Crippen LogP) is 3.80. The number of alkyl halides is 6. The van der Waals surface area contributed by atoms with Gasteiger partial charge < -0.3 is 0 Å². The van der Waals surface area contributed by atoms with Gasteiger partial charge >= 0.3 is 12.4 Å². The van der Waals surface area contributed by atoms with Crippen molar-refractivity contribution in [3.63, 3.8) is 0 Å². The first kappa shape index (κ1) is 17.8. The molecule has 0 bridgehead atoms. The second-order valence-corrected chi connectivity index (χ2v) is 4.86. The Morgan fingerprint density at radius 2 is 1.67 bits per heavy atom. The van der Waals surface area contributed by atoms with Gasteiger partial charge in [-0.2, -0.15) is 31.6 Å². The van der Waals surface area contributed by atoms with Gasteiger partial charge in [-0.1, -0.05) is 11.6 Å². The van der Waals surface area contributed by atoms with Crippen LogP contribution >= 0.6 is 11.6 Å². The van der Waals surface area contributed by atoms with Crippen molar-refractivity contribution in [1.82, 2.24) is 9.55 Å². The van der Waals surface area contributed by atoms with Crippen LogP contribution in [-0.2, 0) is 12.4 Å². The van der Waals surface area contributed by atoms with E-state index in [0.717, 1.165) is 0 Å². The first-order valence-electron chi connectivity index (χ1n) is 5.92. The van der Waals surface area contributed by atoms with Crippen molar-refractivity contribution in [3.05, 3.63) is 56.6 Å². The Bertz CT molecular complexity index is 895. The standard InChI is InChI=1S/C13H4ClF6N3O/c14-9-2-7(12(15,16)17)4-22-10(9)23-5-8(13(18,19)20)1-6(3-21)11(23)24/h1-2,4-5H. The molecular weight excluding hydrogens is 364 g/mol. The maximum Gasteiger partial charge on any atom is 0.417 e. The summed E-state index contributed by atoms with van der Waals surface area (Å²) in [6, 6.07) is 2.04. The van der Waals surface area contributed by atoms with E-state index >= 15 is 0 Å². The highest BCUT2D eigenvalue weighted by molar-refractivity contribution is 6.32. The summed E-state index contributed by atoms with van der Waals surface area (Å²) in [4.78, 5) is 15.3. The Kier molecular flexibility index (Phi) is 4.32. The molecule has 4 nitrogen and oxygen atoms in total. The molecular formula is C13H4ClF6N3O. The molecule has 0 atom stereocenters. The monoisotopic (exact) mass is 367 g/mol. The van der Waals surface area contributed by atoms with E-state index in [0.29, 0.717) is 24.5 Å². The zero-order valence-electron chi connectivity index (χ0n) is 11.2. The van der Waals surface area contributed by atoms with E-state index in [1.54, 1.807) is 0 Å². The fourth-order valence-electron chi connectivity index (χ4n) is 1.74. The smallest absolute Gasteiger partial charge is 0.267 e. The Morgan fingerprint density at radius 3 is 2.12 bits per heavy atom. The third kappa shape index (κ3) is 3.35. The van der Waals surface area contributed by atoms with Gasteiger partial charge in [-0.15, -0.1) is 0 Å². The molecule has 0 saturated heterocycles. The minimum absolute atomic E-state index is 0.282. The highest BCUT2D eigenvalue weighted by Crippen LogP contribution is 2.33. The van der Waals surface area contributed by atoms with Crippen LogP contribution in [0.15, 0.2) is 29.3 Å². The Balaban J connectivity index is 2.74. The molecule has 0 aliphatic carbocycles. The Morgan fingerprint density at radius 1 is 1.08 bits per heavy atom. The van der Waals surface area contributed by atoms with Crippen molar-refractivity contribution < 1.29 is 26.3 Å². The predicted molar refractivity (Wildman–Crippen MR) is 69.6 cm³/mol. The van der Waals surface area contributed by atoms with Crippen LogP contribution in [0, 0.1) is 11.3 Å². The van der Waals surface area contributed by atoms with E-state index < -0.39 is 45.4 Å². The fraction of sp³-hybridized carbons (Fsp3) is 0.154. The Labute approximate surface area is 134 Å². The SMILES string of the molecule is N#Cc1cc(C(F)(F)F)cn(-c2ncc(C(F)(F)F)cc2Cl)c1=O. The summed E-state index contributed by atoms with van der Waals surface area (Å²) >= 11 is 5.62. The molecule has 0 aliphatic rings. The van der Waals surface area contributed by atoms with Crippen molar-refractivity contribution >= 4 is 11.6 Å². The molecule has 0 N–H and O–H groups in total. The van der Waals surface area contributed by atoms with Crippen molar-refractivity contribution in [1.29, 1.82) is 5.26 Å². The van der Waals surface area contributed by atoms with E-state index in [1.165, 1.54) is 6.07 Å². The summed E-state index contributed by atoms with van der Waals surface area (Å²) in [5.74, 6) is -0.655. The topological polar surface area (TPSA) is 58.7 Å². The van der Waals surface area contributed by atoms with E-state index in [1.807, 2.05) is 0 Å². The summed E-state index contributed by atoms with van der Waals surface area (Å²) < 4.78 is 76.4. The molecule has 2 heterocycles. The van der Waals surface area contributed by atoms with Gasteiger partial charge in [-0.3, -0.25) is 9.36 Å². The summed E-state index contributed by atoms with van der Waals surface area (Å²) in [6.45, 7) is 0. The molecule has 0 amide bonds. The summed E-state index contributed by atoms with van der Waals surface area (Å²) in [7, 11) is 0. The molecule has 0 spiro atoms. The summed E-state index contributed by atoms with van der Waals surface area (Å²) in [5, 5.41) is 8.07. The molecule has 0 fully saturated rings. The van der Waals surface area contributed by atoms with E-state index in [-0.39, 0.29) is 4.57 Å². The summed E-state index contributed by atoms with van der Waals surface area (Å²) in [6.07, 6.45) is -9.03. The summed E-state index contributed by atoms with van der Waals surface area (Å²) in [5.41, 5.74) is -4.64. The fourth-order valence-corrected chi connectivity index (χ4v) is 1.99. The third-order valence-electron chi connectivity index (χ3n) is 2.84. The molecule has 2 aromatic heterocycles. The molecule has 0 aliphatic heterocycles. The lowest BCUT2D eigenvalue weighted by molar-refractivity contribution is -0.138. The zero-order chi connectivity index (χ0) is 18.3. The third-order valence-corrected chi connectivity index (χ3v) is 3.12. The molecule has 24 heavy (non-hydrogen) atoms. The second-order valence-electron chi connectivity index (χ2n) is 4.45. The molecule has 0 saturated carbocycles. The van der Waals surface area contributed by atoms with Crippen LogP contribution in [0.5, 0.6) is 0 Å². The number of hydrogen-bond donors (Lipinski definition) is 0. The largest absolute Gasteiger partial charge is 0.417 e. The number of nitrogens with zero attached hydrogens (tertiary/aromatic N) is 3. The molecule has 0 aromatic carbocycles.